The van der Waals surface area contributed by atoms with Crippen molar-refractivity contribution in [2.24, 2.45) is 0 Å². The van der Waals surface area contributed by atoms with Crippen molar-refractivity contribution in [3.05, 3.63) is 41.0 Å². The summed E-state index contributed by atoms with van der Waals surface area (Å²) < 4.78 is 18.8. The van der Waals surface area contributed by atoms with Crippen LogP contribution in [0.3, 0.4) is 0 Å². The quantitative estimate of drug-likeness (QED) is 0.861. The summed E-state index contributed by atoms with van der Waals surface area (Å²) in [5, 5.41) is 3.96. The SMILES string of the molecule is Cc1ccc(CN(C)c2noc(C(C)(C)C)n2)cc1F. The van der Waals surface area contributed by atoms with Crippen molar-refractivity contribution < 1.29 is 8.91 Å². The van der Waals surface area contributed by atoms with Gasteiger partial charge in [-0.15, -0.1) is 0 Å². The summed E-state index contributed by atoms with van der Waals surface area (Å²) in [5.74, 6) is 0.907. The summed E-state index contributed by atoms with van der Waals surface area (Å²) in [6.45, 7) is 8.32. The maximum Gasteiger partial charge on any atom is 0.266 e. The summed E-state index contributed by atoms with van der Waals surface area (Å²) in [4.78, 5) is 6.21. The number of hydrogen-bond donors (Lipinski definition) is 0. The van der Waals surface area contributed by atoms with Crippen LogP contribution in [0.5, 0.6) is 0 Å². The van der Waals surface area contributed by atoms with Gasteiger partial charge in [-0.05, 0) is 29.3 Å². The highest BCUT2D eigenvalue weighted by molar-refractivity contribution is 5.31. The Kier molecular flexibility index (Phi) is 3.79. The van der Waals surface area contributed by atoms with Gasteiger partial charge in [0.15, 0.2) is 0 Å². The fourth-order valence-electron chi connectivity index (χ4n) is 1.75. The zero-order valence-electron chi connectivity index (χ0n) is 12.6. The Morgan fingerprint density at radius 2 is 2.00 bits per heavy atom. The molecular weight excluding hydrogens is 257 g/mol. The van der Waals surface area contributed by atoms with E-state index < -0.39 is 0 Å². The summed E-state index contributed by atoms with van der Waals surface area (Å²) in [5.41, 5.74) is 1.34. The average molecular weight is 277 g/mol. The predicted octanol–water partition coefficient (Wildman–Crippen LogP) is 3.45. The van der Waals surface area contributed by atoms with E-state index in [1.807, 2.05) is 38.8 Å². The maximum atomic E-state index is 13.5. The third-order valence-corrected chi connectivity index (χ3v) is 3.05. The molecule has 2 rings (SSSR count). The van der Waals surface area contributed by atoms with Gasteiger partial charge in [-0.2, -0.15) is 4.98 Å². The highest BCUT2D eigenvalue weighted by atomic mass is 19.1. The van der Waals surface area contributed by atoms with E-state index in [-0.39, 0.29) is 11.2 Å². The molecule has 5 heteroatoms. The Balaban J connectivity index is 2.13. The molecule has 0 amide bonds. The first kappa shape index (κ1) is 14.5. The Labute approximate surface area is 118 Å². The van der Waals surface area contributed by atoms with Crippen LogP contribution in [0.1, 0.15) is 37.8 Å². The molecule has 0 spiro atoms. The van der Waals surface area contributed by atoms with Gasteiger partial charge in [-0.1, -0.05) is 32.9 Å². The summed E-state index contributed by atoms with van der Waals surface area (Å²) >= 11 is 0. The zero-order valence-corrected chi connectivity index (χ0v) is 12.6. The molecular formula is C15H20FN3O. The molecule has 0 N–H and O–H groups in total. The van der Waals surface area contributed by atoms with Gasteiger partial charge in [0.2, 0.25) is 5.89 Å². The van der Waals surface area contributed by atoms with Crippen molar-refractivity contribution in [3.8, 4) is 0 Å². The van der Waals surface area contributed by atoms with E-state index in [4.69, 9.17) is 4.52 Å². The normalized spacial score (nSPS) is 11.7. The molecule has 108 valence electrons. The number of anilines is 1. The number of nitrogens with zero attached hydrogens (tertiary/aromatic N) is 3. The first-order valence-corrected chi connectivity index (χ1v) is 6.58. The maximum absolute atomic E-state index is 13.5. The Bertz CT molecular complexity index is 601. The molecule has 0 bridgehead atoms. The number of hydrogen-bond acceptors (Lipinski definition) is 4. The van der Waals surface area contributed by atoms with Crippen molar-refractivity contribution in [1.82, 2.24) is 10.1 Å². The monoisotopic (exact) mass is 277 g/mol. The molecule has 0 saturated heterocycles. The van der Waals surface area contributed by atoms with Crippen molar-refractivity contribution in [2.45, 2.75) is 39.7 Å². The first-order chi connectivity index (χ1) is 9.27. The van der Waals surface area contributed by atoms with E-state index in [2.05, 4.69) is 10.1 Å². The number of aromatic nitrogens is 2. The van der Waals surface area contributed by atoms with E-state index >= 15 is 0 Å². The minimum Gasteiger partial charge on any atom is -0.337 e. The molecule has 4 nitrogen and oxygen atoms in total. The highest BCUT2D eigenvalue weighted by Crippen LogP contribution is 2.22. The minimum absolute atomic E-state index is 0.179. The molecule has 0 aliphatic rings. The van der Waals surface area contributed by atoms with Crippen LogP contribution in [0.15, 0.2) is 22.7 Å². The van der Waals surface area contributed by atoms with Crippen LogP contribution in [-0.4, -0.2) is 17.2 Å². The Morgan fingerprint density at radius 1 is 1.30 bits per heavy atom. The summed E-state index contributed by atoms with van der Waals surface area (Å²) in [7, 11) is 1.86. The van der Waals surface area contributed by atoms with E-state index in [0.29, 0.717) is 23.9 Å². The van der Waals surface area contributed by atoms with Crippen molar-refractivity contribution in [3.63, 3.8) is 0 Å². The van der Waals surface area contributed by atoms with E-state index in [9.17, 15) is 4.39 Å². The third-order valence-electron chi connectivity index (χ3n) is 3.05. The lowest BCUT2D eigenvalue weighted by Gasteiger charge is -2.15. The lowest BCUT2D eigenvalue weighted by atomic mass is 9.97. The minimum atomic E-state index is -0.195. The molecule has 0 fully saturated rings. The third kappa shape index (κ3) is 3.15. The van der Waals surface area contributed by atoms with E-state index in [0.717, 1.165) is 5.56 Å². The number of halogens is 1. The molecule has 0 radical (unpaired) electrons. The van der Waals surface area contributed by atoms with Gasteiger partial charge in [0.05, 0.1) is 0 Å². The van der Waals surface area contributed by atoms with Gasteiger partial charge in [-0.25, -0.2) is 4.39 Å². The fourth-order valence-corrected chi connectivity index (χ4v) is 1.75. The van der Waals surface area contributed by atoms with Crippen LogP contribution in [-0.2, 0) is 12.0 Å². The van der Waals surface area contributed by atoms with Crippen LogP contribution in [0, 0.1) is 12.7 Å². The second-order valence-corrected chi connectivity index (χ2v) is 6.09. The Hall–Kier alpha value is -1.91. The van der Waals surface area contributed by atoms with Gasteiger partial charge in [-0.3, -0.25) is 0 Å². The molecule has 1 aromatic heterocycles. The fraction of sp³-hybridized carbons (Fsp3) is 0.467. The topological polar surface area (TPSA) is 42.2 Å². The molecule has 0 atom stereocenters. The van der Waals surface area contributed by atoms with Gasteiger partial charge >= 0.3 is 0 Å². The lowest BCUT2D eigenvalue weighted by molar-refractivity contribution is 0.320. The van der Waals surface area contributed by atoms with Crippen LogP contribution in [0.25, 0.3) is 0 Å². The number of aryl methyl sites for hydroxylation is 1. The van der Waals surface area contributed by atoms with Crippen molar-refractivity contribution in [2.75, 3.05) is 11.9 Å². The second kappa shape index (κ2) is 5.23. The van der Waals surface area contributed by atoms with Gasteiger partial charge in [0.25, 0.3) is 5.95 Å². The standard InChI is InChI=1S/C15H20FN3O/c1-10-6-7-11(8-12(10)16)9-19(5)14-17-13(20-18-14)15(2,3)4/h6-8H,9H2,1-5H3. The van der Waals surface area contributed by atoms with Crippen LogP contribution < -0.4 is 4.90 Å². The molecule has 0 saturated carbocycles. The summed E-state index contributed by atoms with van der Waals surface area (Å²) in [6.07, 6.45) is 0. The van der Waals surface area contributed by atoms with Gasteiger partial charge in [0, 0.05) is 19.0 Å². The predicted molar refractivity (Wildman–Crippen MR) is 76.2 cm³/mol. The largest absolute Gasteiger partial charge is 0.337 e. The van der Waals surface area contributed by atoms with Crippen molar-refractivity contribution in [1.29, 1.82) is 0 Å². The molecule has 0 aliphatic carbocycles. The molecule has 1 heterocycles. The first-order valence-electron chi connectivity index (χ1n) is 6.58. The molecule has 2 aromatic rings. The Morgan fingerprint density at radius 3 is 2.55 bits per heavy atom. The highest BCUT2D eigenvalue weighted by Gasteiger charge is 2.22. The molecule has 1 aromatic carbocycles. The van der Waals surface area contributed by atoms with Crippen LogP contribution in [0.2, 0.25) is 0 Å². The molecule has 0 aliphatic heterocycles. The van der Waals surface area contributed by atoms with Crippen LogP contribution in [0.4, 0.5) is 10.3 Å². The molecule has 20 heavy (non-hydrogen) atoms. The average Bonchev–Trinajstić information content (AvgIpc) is 2.83. The number of rotatable bonds is 3. The smallest absolute Gasteiger partial charge is 0.266 e. The summed E-state index contributed by atoms with van der Waals surface area (Å²) in [6, 6.07) is 5.21. The van der Waals surface area contributed by atoms with E-state index in [1.165, 1.54) is 6.07 Å². The van der Waals surface area contributed by atoms with Crippen LogP contribution >= 0.6 is 0 Å². The van der Waals surface area contributed by atoms with Gasteiger partial charge in [0.1, 0.15) is 5.82 Å². The van der Waals surface area contributed by atoms with E-state index in [1.54, 1.807) is 13.0 Å². The lowest BCUT2D eigenvalue weighted by Crippen LogP contribution is -2.18. The van der Waals surface area contributed by atoms with Gasteiger partial charge < -0.3 is 9.42 Å². The van der Waals surface area contributed by atoms with Crippen molar-refractivity contribution >= 4 is 5.95 Å². The second-order valence-electron chi connectivity index (χ2n) is 6.09. The number of benzene rings is 1. The zero-order chi connectivity index (χ0) is 14.9. The molecule has 0 unspecified atom stereocenters.